The van der Waals surface area contributed by atoms with Crippen LogP contribution >= 0.6 is 11.5 Å². The molecule has 0 bridgehead atoms. The van der Waals surface area contributed by atoms with Gasteiger partial charge in [-0.25, -0.2) is 15.1 Å². The first-order valence-corrected chi connectivity index (χ1v) is 4.01. The normalized spacial score (nSPS) is 9.43. The molecule has 3 N–H and O–H groups in total. The number of aromatic nitrogens is 3. The molecule has 1 aromatic rings. The Hall–Kier alpha value is -1.81. The Bertz CT molecular complexity index is 314. The third-order valence-corrected chi connectivity index (χ3v) is 1.39. The van der Waals surface area contributed by atoms with Crippen molar-refractivity contribution in [2.45, 2.75) is 0 Å². The lowest BCUT2D eigenvalue weighted by Crippen LogP contribution is -2.30. The smallest absolute Gasteiger partial charge is 0.345 e. The van der Waals surface area contributed by atoms with Crippen LogP contribution in [0.4, 0.5) is 9.93 Å². The van der Waals surface area contributed by atoms with Crippen molar-refractivity contribution >= 4 is 28.7 Å². The molecule has 0 aromatic carbocycles. The molecule has 1 aromatic heterocycles. The Morgan fingerprint density at radius 3 is 2.93 bits per heavy atom. The summed E-state index contributed by atoms with van der Waals surface area (Å²) in [6.45, 7) is -0.623. The summed E-state index contributed by atoms with van der Waals surface area (Å²) >= 11 is 0.875. The number of carboxylic acids is 1. The molecule has 9 nitrogen and oxygen atoms in total. The summed E-state index contributed by atoms with van der Waals surface area (Å²) in [4.78, 5) is 25.1. The van der Waals surface area contributed by atoms with E-state index in [-0.39, 0.29) is 5.13 Å². The van der Waals surface area contributed by atoms with Crippen molar-refractivity contribution in [1.29, 1.82) is 0 Å². The lowest BCUT2D eigenvalue weighted by molar-refractivity contribution is -0.143. The van der Waals surface area contributed by atoms with Gasteiger partial charge in [-0.3, -0.25) is 10.2 Å². The number of anilines is 1. The van der Waals surface area contributed by atoms with Crippen molar-refractivity contribution in [2.75, 3.05) is 11.9 Å². The van der Waals surface area contributed by atoms with Gasteiger partial charge in [-0.05, 0) is 5.21 Å². The molecule has 0 aliphatic rings. The quantitative estimate of drug-likeness (QED) is 0.558. The Morgan fingerprint density at radius 2 is 2.36 bits per heavy atom. The second-order valence-electron chi connectivity index (χ2n) is 1.91. The Kier molecular flexibility index (Phi) is 3.69. The number of nitrogens with zero attached hydrogens (tertiary/aromatic N) is 3. The SMILES string of the molecule is O=C(O)CONC(=O)Nc1nnns1. The third kappa shape index (κ3) is 3.73. The number of carbonyl (C=O) groups is 2. The first kappa shape index (κ1) is 10.3. The van der Waals surface area contributed by atoms with E-state index < -0.39 is 18.6 Å². The zero-order valence-electron chi connectivity index (χ0n) is 6.63. The molecule has 0 saturated heterocycles. The Morgan fingerprint density at radius 1 is 1.57 bits per heavy atom. The minimum atomic E-state index is -1.19. The first-order valence-electron chi connectivity index (χ1n) is 3.24. The number of hydrogen-bond acceptors (Lipinski definition) is 7. The van der Waals surface area contributed by atoms with Crippen LogP contribution in [-0.4, -0.2) is 38.5 Å². The fraction of sp³-hybridized carbons (Fsp3) is 0.250. The van der Waals surface area contributed by atoms with Gasteiger partial charge in [0.05, 0.1) is 0 Å². The average molecular weight is 219 g/mol. The maximum Gasteiger partial charge on any atom is 0.345 e. The van der Waals surface area contributed by atoms with Crippen molar-refractivity contribution in [1.82, 2.24) is 20.3 Å². The molecule has 1 rings (SSSR count). The van der Waals surface area contributed by atoms with Crippen LogP contribution in [0.5, 0.6) is 0 Å². The second-order valence-corrected chi connectivity index (χ2v) is 2.64. The number of aliphatic carboxylic acids is 1. The minimum absolute atomic E-state index is 0.182. The van der Waals surface area contributed by atoms with Crippen LogP contribution in [0.2, 0.25) is 0 Å². The van der Waals surface area contributed by atoms with Gasteiger partial charge in [-0.15, -0.1) is 0 Å². The lowest BCUT2D eigenvalue weighted by atomic mass is 10.8. The van der Waals surface area contributed by atoms with E-state index in [9.17, 15) is 9.59 Å². The van der Waals surface area contributed by atoms with Crippen LogP contribution in [0, 0.1) is 0 Å². The molecule has 0 spiro atoms. The van der Waals surface area contributed by atoms with E-state index in [0.29, 0.717) is 0 Å². The van der Waals surface area contributed by atoms with Crippen molar-refractivity contribution in [2.24, 2.45) is 0 Å². The van der Waals surface area contributed by atoms with Gasteiger partial charge in [0, 0.05) is 11.5 Å². The van der Waals surface area contributed by atoms with Crippen LogP contribution in [0.15, 0.2) is 0 Å². The number of rotatable bonds is 4. The first-order chi connectivity index (χ1) is 6.68. The molecule has 2 amide bonds. The van der Waals surface area contributed by atoms with Gasteiger partial charge in [-0.2, -0.15) is 0 Å². The highest BCUT2D eigenvalue weighted by Gasteiger charge is 2.05. The van der Waals surface area contributed by atoms with E-state index in [1.807, 2.05) is 5.48 Å². The highest BCUT2D eigenvalue weighted by Crippen LogP contribution is 2.03. The molecule has 0 aliphatic heterocycles. The zero-order valence-corrected chi connectivity index (χ0v) is 7.45. The number of carbonyl (C=O) groups excluding carboxylic acids is 1. The fourth-order valence-corrected chi connectivity index (χ4v) is 0.830. The molecule has 0 saturated carbocycles. The van der Waals surface area contributed by atoms with Crippen LogP contribution in [-0.2, 0) is 9.63 Å². The topological polar surface area (TPSA) is 126 Å². The number of hydroxylamine groups is 1. The molecule has 0 radical (unpaired) electrons. The molecule has 76 valence electrons. The zero-order chi connectivity index (χ0) is 10.4. The number of carboxylic acid groups (broad SMARTS) is 1. The van der Waals surface area contributed by atoms with Crippen molar-refractivity contribution < 1.29 is 19.5 Å². The molecule has 10 heteroatoms. The van der Waals surface area contributed by atoms with E-state index >= 15 is 0 Å². The van der Waals surface area contributed by atoms with Crippen LogP contribution in [0.1, 0.15) is 0 Å². The van der Waals surface area contributed by atoms with Crippen molar-refractivity contribution in [3.8, 4) is 0 Å². The molecule has 1 heterocycles. The Labute approximate surface area is 81.2 Å². The standard InChI is InChI=1S/C4H5N5O4S/c10-2(11)1-13-7-3(12)5-4-6-8-9-14-4/h1H2,(H,10,11)(H2,5,6,7,9,12). The van der Waals surface area contributed by atoms with Crippen LogP contribution in [0.3, 0.4) is 0 Å². The summed E-state index contributed by atoms with van der Waals surface area (Å²) in [7, 11) is 0. The van der Waals surface area contributed by atoms with Crippen LogP contribution < -0.4 is 10.8 Å². The molecule has 0 aliphatic carbocycles. The van der Waals surface area contributed by atoms with Crippen molar-refractivity contribution in [3.05, 3.63) is 0 Å². The second kappa shape index (κ2) is 5.04. The largest absolute Gasteiger partial charge is 0.479 e. The monoisotopic (exact) mass is 219 g/mol. The molecule has 0 fully saturated rings. The van der Waals surface area contributed by atoms with Gasteiger partial charge >= 0.3 is 12.0 Å². The molecule has 0 unspecified atom stereocenters. The van der Waals surface area contributed by atoms with E-state index in [2.05, 4.69) is 25.0 Å². The predicted molar refractivity (Wildman–Crippen MR) is 43.4 cm³/mol. The number of amides is 2. The fourth-order valence-electron chi connectivity index (χ4n) is 0.468. The molecular weight excluding hydrogens is 214 g/mol. The predicted octanol–water partition coefficient (Wildman–Crippen LogP) is -0.929. The summed E-state index contributed by atoms with van der Waals surface area (Å²) in [5, 5.41) is 17.2. The highest BCUT2D eigenvalue weighted by molar-refractivity contribution is 7.09. The summed E-state index contributed by atoms with van der Waals surface area (Å²) in [5.41, 5.74) is 1.83. The number of nitrogens with one attached hydrogen (secondary N) is 2. The molecular formula is C4H5N5O4S. The number of hydrogen-bond donors (Lipinski definition) is 3. The van der Waals surface area contributed by atoms with Gasteiger partial charge in [0.1, 0.15) is 0 Å². The maximum absolute atomic E-state index is 10.9. The van der Waals surface area contributed by atoms with E-state index in [4.69, 9.17) is 5.11 Å². The molecule has 0 atom stereocenters. The Balaban J connectivity index is 2.20. The van der Waals surface area contributed by atoms with E-state index in [0.717, 1.165) is 11.5 Å². The van der Waals surface area contributed by atoms with Gasteiger partial charge < -0.3 is 5.11 Å². The highest BCUT2D eigenvalue weighted by atomic mass is 32.1. The van der Waals surface area contributed by atoms with Gasteiger partial charge in [0.2, 0.25) is 5.13 Å². The minimum Gasteiger partial charge on any atom is -0.479 e. The van der Waals surface area contributed by atoms with E-state index in [1.165, 1.54) is 0 Å². The summed E-state index contributed by atoms with van der Waals surface area (Å²) < 4.78 is 3.39. The third-order valence-electron chi connectivity index (χ3n) is 0.880. The van der Waals surface area contributed by atoms with Crippen LogP contribution in [0.25, 0.3) is 0 Å². The summed E-state index contributed by atoms with van der Waals surface area (Å²) in [6.07, 6.45) is 0. The number of urea groups is 1. The van der Waals surface area contributed by atoms with Gasteiger partial charge in [0.25, 0.3) is 0 Å². The summed E-state index contributed by atoms with van der Waals surface area (Å²) in [5.74, 6) is -1.19. The van der Waals surface area contributed by atoms with Gasteiger partial charge in [0.15, 0.2) is 6.61 Å². The van der Waals surface area contributed by atoms with E-state index in [1.54, 1.807) is 0 Å². The maximum atomic E-state index is 10.9. The average Bonchev–Trinajstić information content (AvgIpc) is 2.56. The molecule has 14 heavy (non-hydrogen) atoms. The lowest BCUT2D eigenvalue weighted by Gasteiger charge is -2.02. The summed E-state index contributed by atoms with van der Waals surface area (Å²) in [6, 6.07) is -0.746. The van der Waals surface area contributed by atoms with Gasteiger partial charge in [-0.1, -0.05) is 9.59 Å². The van der Waals surface area contributed by atoms with Crippen molar-refractivity contribution in [3.63, 3.8) is 0 Å².